The summed E-state index contributed by atoms with van der Waals surface area (Å²) in [6, 6.07) is 4.99. The maximum absolute atomic E-state index is 13.6. The molecule has 13 heteroatoms. The van der Waals surface area contributed by atoms with Gasteiger partial charge in [0.05, 0.1) is 23.9 Å². The van der Waals surface area contributed by atoms with E-state index < -0.39 is 29.0 Å². The Balaban J connectivity index is 1.53. The van der Waals surface area contributed by atoms with Crippen molar-refractivity contribution in [3.63, 3.8) is 0 Å². The Kier molecular flexibility index (Phi) is 8.37. The molecule has 4 aromatic rings. The van der Waals surface area contributed by atoms with Gasteiger partial charge >= 0.3 is 17.8 Å². The minimum atomic E-state index is -4.47. The first-order valence-corrected chi connectivity index (χ1v) is 14.2. The molecule has 3 aromatic heterocycles. The molecule has 42 heavy (non-hydrogen) atoms. The molecule has 1 aliphatic carbocycles. The molecular weight excluding hydrogens is 553 g/mol. The van der Waals surface area contributed by atoms with Crippen molar-refractivity contribution in [2.45, 2.75) is 84.9 Å². The zero-order valence-electron chi connectivity index (χ0n) is 23.6. The Labute approximate surface area is 239 Å². The molecule has 0 aliphatic heterocycles. The van der Waals surface area contributed by atoms with Crippen LogP contribution in [-0.4, -0.2) is 34.4 Å². The predicted molar refractivity (Wildman–Crippen MR) is 149 cm³/mol. The molecule has 0 bridgehead atoms. The van der Waals surface area contributed by atoms with Gasteiger partial charge in [-0.3, -0.25) is 28.0 Å². The highest BCUT2D eigenvalue weighted by atomic mass is 19.4. The summed E-state index contributed by atoms with van der Waals surface area (Å²) in [6.45, 7) is 3.86. The summed E-state index contributed by atoms with van der Waals surface area (Å²) in [5, 5.41) is 4.30. The maximum atomic E-state index is 13.6. The van der Waals surface area contributed by atoms with Crippen molar-refractivity contribution >= 4 is 17.1 Å². The van der Waals surface area contributed by atoms with Gasteiger partial charge in [0, 0.05) is 25.7 Å². The first-order valence-electron chi connectivity index (χ1n) is 14.2. The zero-order chi connectivity index (χ0) is 30.0. The number of carbonyl (C=O) groups is 1. The quantitative estimate of drug-likeness (QED) is 0.234. The molecule has 0 N–H and O–H groups in total. The smallest absolute Gasteiger partial charge is 0.416 e. The number of esters is 1. The van der Waals surface area contributed by atoms with Crippen LogP contribution in [0.15, 0.2) is 46.2 Å². The van der Waals surface area contributed by atoms with Gasteiger partial charge in [-0.25, -0.2) is 9.78 Å². The molecule has 10 nitrogen and oxygen atoms in total. The van der Waals surface area contributed by atoms with Crippen LogP contribution in [0.2, 0.25) is 0 Å². The molecule has 0 unspecified atom stereocenters. The predicted octanol–water partition coefficient (Wildman–Crippen LogP) is 4.80. The molecule has 0 amide bonds. The second-order valence-electron chi connectivity index (χ2n) is 10.6. The Hall–Kier alpha value is -4.16. The van der Waals surface area contributed by atoms with Crippen molar-refractivity contribution in [3.05, 3.63) is 68.6 Å². The molecule has 1 aliphatic rings. The van der Waals surface area contributed by atoms with Gasteiger partial charge in [0.2, 0.25) is 0 Å². The maximum Gasteiger partial charge on any atom is 0.416 e. The molecule has 1 saturated carbocycles. The monoisotopic (exact) mass is 586 g/mol. The highest BCUT2D eigenvalue weighted by Gasteiger charge is 2.30. The standard InChI is InChI=1S/C29H33F3N6O4/c1-3-13-37-27(40)24-26(36(4-2)28(37)41)34-25(38(24)18-42-23(39)12-11-19-7-5-8-19)21-15-33-35(17-21)16-20-9-6-10-22(14-20)29(30,31)32/h6,9-10,14-15,17,19H,3-5,7-8,11-13,16,18H2,1-2H3. The van der Waals surface area contributed by atoms with Crippen LogP contribution in [0.4, 0.5) is 13.2 Å². The minimum absolute atomic E-state index is 0.0588. The number of carbonyl (C=O) groups excluding carboxylic acids is 1. The average Bonchev–Trinajstić information content (AvgIpc) is 3.53. The van der Waals surface area contributed by atoms with Gasteiger partial charge in [0.25, 0.3) is 5.56 Å². The number of fused-ring (bicyclic) bond motifs is 1. The van der Waals surface area contributed by atoms with E-state index in [-0.39, 0.29) is 49.8 Å². The zero-order valence-corrected chi connectivity index (χ0v) is 23.6. The Morgan fingerprint density at radius 3 is 2.57 bits per heavy atom. The number of rotatable bonds is 11. The molecule has 0 atom stereocenters. The average molecular weight is 587 g/mol. The van der Waals surface area contributed by atoms with Crippen LogP contribution in [0.1, 0.15) is 63.5 Å². The third kappa shape index (κ3) is 5.90. The van der Waals surface area contributed by atoms with Crippen molar-refractivity contribution < 1.29 is 22.7 Å². The number of imidazole rings is 1. The Morgan fingerprint density at radius 2 is 1.90 bits per heavy atom. The summed E-state index contributed by atoms with van der Waals surface area (Å²) in [7, 11) is 0. The van der Waals surface area contributed by atoms with Crippen LogP contribution in [0.3, 0.4) is 0 Å². The number of hydrogen-bond donors (Lipinski definition) is 0. The molecular formula is C29H33F3N6O4. The molecule has 3 heterocycles. The molecule has 224 valence electrons. The van der Waals surface area contributed by atoms with Crippen LogP contribution in [0.25, 0.3) is 22.6 Å². The molecule has 5 rings (SSSR count). The normalized spacial score (nSPS) is 13.9. The van der Waals surface area contributed by atoms with Crippen molar-refractivity contribution in [1.29, 1.82) is 0 Å². The molecule has 1 fully saturated rings. The molecule has 0 saturated heterocycles. The van der Waals surface area contributed by atoms with Crippen molar-refractivity contribution in [2.75, 3.05) is 0 Å². The van der Waals surface area contributed by atoms with Gasteiger partial charge < -0.3 is 4.74 Å². The SMILES string of the molecule is CCCn1c(=O)c2c(nc(-c3cnn(Cc4cccc(C(F)(F)F)c4)c3)n2COC(=O)CCC2CCC2)n(CC)c1=O. The van der Waals surface area contributed by atoms with E-state index in [1.807, 2.05) is 6.92 Å². The summed E-state index contributed by atoms with van der Waals surface area (Å²) in [4.78, 5) is 44.0. The number of benzene rings is 1. The summed E-state index contributed by atoms with van der Waals surface area (Å²) in [5.74, 6) is 0.387. The van der Waals surface area contributed by atoms with Crippen LogP contribution in [0, 0.1) is 5.92 Å². The number of hydrogen-bond acceptors (Lipinski definition) is 6. The lowest BCUT2D eigenvalue weighted by molar-refractivity contribution is -0.147. The fourth-order valence-corrected chi connectivity index (χ4v) is 5.25. The van der Waals surface area contributed by atoms with Gasteiger partial charge in [0.1, 0.15) is 5.82 Å². The van der Waals surface area contributed by atoms with Crippen LogP contribution in [-0.2, 0) is 42.1 Å². The number of aromatic nitrogens is 6. The number of alkyl halides is 3. The fourth-order valence-electron chi connectivity index (χ4n) is 5.25. The minimum Gasteiger partial charge on any atom is -0.444 e. The van der Waals surface area contributed by atoms with Gasteiger partial charge in [-0.15, -0.1) is 0 Å². The number of ether oxygens (including phenoxy) is 1. The Bertz CT molecular complexity index is 1710. The van der Waals surface area contributed by atoms with E-state index in [1.54, 1.807) is 19.2 Å². The van der Waals surface area contributed by atoms with Gasteiger partial charge in [-0.05, 0) is 43.4 Å². The summed E-state index contributed by atoms with van der Waals surface area (Å²) >= 11 is 0. The first kappa shape index (κ1) is 29.3. The van der Waals surface area contributed by atoms with E-state index in [9.17, 15) is 27.6 Å². The van der Waals surface area contributed by atoms with E-state index >= 15 is 0 Å². The van der Waals surface area contributed by atoms with E-state index in [1.165, 1.54) is 32.5 Å². The molecule has 1 aromatic carbocycles. The Morgan fingerprint density at radius 1 is 1.12 bits per heavy atom. The number of nitrogens with zero attached hydrogens (tertiary/aromatic N) is 6. The third-order valence-corrected chi connectivity index (χ3v) is 7.70. The molecule has 0 radical (unpaired) electrons. The van der Waals surface area contributed by atoms with Crippen molar-refractivity contribution in [3.8, 4) is 11.4 Å². The van der Waals surface area contributed by atoms with E-state index in [4.69, 9.17) is 4.74 Å². The van der Waals surface area contributed by atoms with E-state index in [0.717, 1.165) is 36.0 Å². The fraction of sp³-hybridized carbons (Fsp3) is 0.483. The van der Waals surface area contributed by atoms with Crippen LogP contribution >= 0.6 is 0 Å². The lowest BCUT2D eigenvalue weighted by atomic mass is 9.82. The van der Waals surface area contributed by atoms with Gasteiger partial charge in [-0.2, -0.15) is 18.3 Å². The number of aryl methyl sites for hydroxylation is 1. The van der Waals surface area contributed by atoms with Gasteiger partial charge in [0.15, 0.2) is 17.9 Å². The molecule has 0 spiro atoms. The van der Waals surface area contributed by atoms with Crippen LogP contribution < -0.4 is 11.2 Å². The lowest BCUT2D eigenvalue weighted by Gasteiger charge is -2.24. The highest BCUT2D eigenvalue weighted by molar-refractivity contribution is 5.77. The van der Waals surface area contributed by atoms with Crippen LogP contribution in [0.5, 0.6) is 0 Å². The van der Waals surface area contributed by atoms with E-state index in [0.29, 0.717) is 23.5 Å². The lowest BCUT2D eigenvalue weighted by Crippen LogP contribution is -2.40. The third-order valence-electron chi connectivity index (χ3n) is 7.70. The van der Waals surface area contributed by atoms with Crippen molar-refractivity contribution in [1.82, 2.24) is 28.5 Å². The van der Waals surface area contributed by atoms with E-state index in [2.05, 4.69) is 10.1 Å². The summed E-state index contributed by atoms with van der Waals surface area (Å²) < 4.78 is 50.7. The largest absolute Gasteiger partial charge is 0.444 e. The number of halogens is 3. The topological polar surface area (TPSA) is 106 Å². The van der Waals surface area contributed by atoms with Gasteiger partial charge in [-0.1, -0.05) is 38.3 Å². The van der Waals surface area contributed by atoms with Crippen molar-refractivity contribution in [2.24, 2.45) is 5.92 Å². The second kappa shape index (κ2) is 12.0. The summed E-state index contributed by atoms with van der Waals surface area (Å²) in [5.41, 5.74) is -0.652. The summed E-state index contributed by atoms with van der Waals surface area (Å²) in [6.07, 6.45) is 3.57. The highest BCUT2D eigenvalue weighted by Crippen LogP contribution is 2.31. The second-order valence-corrected chi connectivity index (χ2v) is 10.6. The first-order chi connectivity index (χ1) is 20.1.